The molecular weight excluding hydrogens is 228 g/mol. The molecule has 18 heavy (non-hydrogen) atoms. The van der Waals surface area contributed by atoms with Crippen LogP contribution in [0, 0.1) is 5.41 Å². The Bertz CT molecular complexity index is 488. The third kappa shape index (κ3) is 2.56. The van der Waals surface area contributed by atoms with Gasteiger partial charge in [-0.25, -0.2) is 4.98 Å². The summed E-state index contributed by atoms with van der Waals surface area (Å²) >= 11 is 0. The van der Waals surface area contributed by atoms with Crippen LogP contribution in [0.5, 0.6) is 0 Å². The van der Waals surface area contributed by atoms with Crippen molar-refractivity contribution >= 4 is 5.82 Å². The number of aromatic nitrogens is 2. The third-order valence-corrected chi connectivity index (χ3v) is 4.00. The summed E-state index contributed by atoms with van der Waals surface area (Å²) in [6.45, 7) is 1.61. The first-order chi connectivity index (χ1) is 8.71. The molecule has 1 heterocycles. The van der Waals surface area contributed by atoms with E-state index < -0.39 is 0 Å². The summed E-state index contributed by atoms with van der Waals surface area (Å²) in [7, 11) is 0. The van der Waals surface area contributed by atoms with Crippen LogP contribution in [0.4, 0.5) is 5.82 Å². The minimum Gasteiger partial charge on any atom is -0.369 e. The maximum Gasteiger partial charge on any atom is 0.252 e. The predicted octanol–water partition coefficient (Wildman–Crippen LogP) is 1.19. The van der Waals surface area contributed by atoms with Gasteiger partial charge in [-0.05, 0) is 44.1 Å². The van der Waals surface area contributed by atoms with E-state index in [1.165, 1.54) is 12.8 Å². The van der Waals surface area contributed by atoms with E-state index in [4.69, 9.17) is 5.73 Å². The molecule has 98 valence electrons. The molecule has 0 saturated heterocycles. The average molecular weight is 248 g/mol. The number of H-pyrrole nitrogens is 1. The van der Waals surface area contributed by atoms with Gasteiger partial charge in [-0.15, -0.1) is 0 Å². The Morgan fingerprint density at radius 2 is 2.28 bits per heavy atom. The van der Waals surface area contributed by atoms with Crippen LogP contribution in [0.3, 0.4) is 0 Å². The number of hydrogen-bond acceptors (Lipinski definition) is 4. The topological polar surface area (TPSA) is 83.8 Å². The van der Waals surface area contributed by atoms with E-state index in [1.54, 1.807) is 6.07 Å². The zero-order valence-electron chi connectivity index (χ0n) is 10.5. The fourth-order valence-corrected chi connectivity index (χ4v) is 2.39. The average Bonchev–Trinajstić information content (AvgIpc) is 3.22. The van der Waals surface area contributed by atoms with Crippen LogP contribution in [0.25, 0.3) is 0 Å². The largest absolute Gasteiger partial charge is 0.369 e. The van der Waals surface area contributed by atoms with Gasteiger partial charge in [0.2, 0.25) is 0 Å². The Hall–Kier alpha value is -1.36. The summed E-state index contributed by atoms with van der Waals surface area (Å²) < 4.78 is 0. The molecule has 0 bridgehead atoms. The van der Waals surface area contributed by atoms with Crippen molar-refractivity contribution < 1.29 is 0 Å². The van der Waals surface area contributed by atoms with Crippen LogP contribution in [0.2, 0.25) is 0 Å². The van der Waals surface area contributed by atoms with Gasteiger partial charge in [-0.1, -0.05) is 0 Å². The minimum atomic E-state index is -0.0573. The van der Waals surface area contributed by atoms with Crippen LogP contribution in [-0.4, -0.2) is 23.1 Å². The van der Waals surface area contributed by atoms with E-state index in [2.05, 4.69) is 15.3 Å². The number of nitrogens with one attached hydrogen (secondary N) is 2. The number of nitrogens with zero attached hydrogens (tertiary/aromatic N) is 1. The van der Waals surface area contributed by atoms with Crippen molar-refractivity contribution in [1.29, 1.82) is 0 Å². The quantitative estimate of drug-likeness (QED) is 0.706. The number of aromatic amines is 1. The molecule has 4 N–H and O–H groups in total. The van der Waals surface area contributed by atoms with E-state index in [-0.39, 0.29) is 5.56 Å². The molecule has 2 aliphatic rings. The first-order valence-corrected chi connectivity index (χ1v) is 6.76. The maximum atomic E-state index is 11.6. The molecular formula is C13H20N4O. The molecule has 0 aromatic carbocycles. The molecule has 0 unspecified atom stereocenters. The van der Waals surface area contributed by atoms with E-state index in [0.717, 1.165) is 38.2 Å². The lowest BCUT2D eigenvalue weighted by molar-refractivity contribution is 0.500. The van der Waals surface area contributed by atoms with Gasteiger partial charge in [0.25, 0.3) is 5.56 Å². The van der Waals surface area contributed by atoms with Gasteiger partial charge in [0, 0.05) is 18.5 Å². The molecule has 3 rings (SSSR count). The summed E-state index contributed by atoms with van der Waals surface area (Å²) in [4.78, 5) is 18.9. The monoisotopic (exact) mass is 248 g/mol. The SMILES string of the molecule is NCCC1(CNc2cc(=O)[nH]c(C3CC3)n2)CC1. The van der Waals surface area contributed by atoms with Crippen LogP contribution in [0.15, 0.2) is 10.9 Å². The molecule has 5 heteroatoms. The van der Waals surface area contributed by atoms with Crippen molar-refractivity contribution in [3.05, 3.63) is 22.2 Å². The highest BCUT2D eigenvalue weighted by molar-refractivity contribution is 5.34. The van der Waals surface area contributed by atoms with Gasteiger partial charge in [0.05, 0.1) is 0 Å². The second-order valence-electron chi connectivity index (χ2n) is 5.68. The zero-order chi connectivity index (χ0) is 12.6. The van der Waals surface area contributed by atoms with E-state index >= 15 is 0 Å². The molecule has 5 nitrogen and oxygen atoms in total. The summed E-state index contributed by atoms with van der Waals surface area (Å²) in [6.07, 6.45) is 5.80. The van der Waals surface area contributed by atoms with Gasteiger partial charge < -0.3 is 16.0 Å². The smallest absolute Gasteiger partial charge is 0.252 e. The molecule has 0 aliphatic heterocycles. The number of hydrogen-bond donors (Lipinski definition) is 3. The number of nitrogens with two attached hydrogens (primary N) is 1. The highest BCUT2D eigenvalue weighted by atomic mass is 16.1. The van der Waals surface area contributed by atoms with Crippen molar-refractivity contribution in [2.75, 3.05) is 18.4 Å². The zero-order valence-corrected chi connectivity index (χ0v) is 10.5. The van der Waals surface area contributed by atoms with Crippen LogP contribution in [0.1, 0.15) is 43.8 Å². The van der Waals surface area contributed by atoms with Gasteiger partial charge in [0.15, 0.2) is 0 Å². The molecule has 2 fully saturated rings. The lowest BCUT2D eigenvalue weighted by atomic mass is 10.0. The predicted molar refractivity (Wildman–Crippen MR) is 70.7 cm³/mol. The van der Waals surface area contributed by atoms with Gasteiger partial charge in [0.1, 0.15) is 11.6 Å². The number of anilines is 1. The second-order valence-corrected chi connectivity index (χ2v) is 5.68. The molecule has 0 atom stereocenters. The third-order valence-electron chi connectivity index (χ3n) is 4.00. The summed E-state index contributed by atoms with van der Waals surface area (Å²) in [5.74, 6) is 2.02. The number of rotatable bonds is 6. The summed E-state index contributed by atoms with van der Waals surface area (Å²) in [6, 6.07) is 1.55. The first-order valence-electron chi connectivity index (χ1n) is 6.76. The summed E-state index contributed by atoms with van der Waals surface area (Å²) in [5, 5.41) is 3.31. The molecule has 2 aliphatic carbocycles. The van der Waals surface area contributed by atoms with Gasteiger partial charge in [-0.2, -0.15) is 0 Å². The molecule has 0 radical (unpaired) electrons. The highest BCUT2D eigenvalue weighted by Crippen LogP contribution is 2.48. The minimum absolute atomic E-state index is 0.0573. The van der Waals surface area contributed by atoms with Crippen LogP contribution >= 0.6 is 0 Å². The van der Waals surface area contributed by atoms with Crippen molar-refractivity contribution in [3.8, 4) is 0 Å². The highest BCUT2D eigenvalue weighted by Gasteiger charge is 2.41. The molecule has 1 aromatic rings. The Labute approximate surface area is 106 Å². The van der Waals surface area contributed by atoms with Crippen molar-refractivity contribution in [2.45, 2.75) is 38.0 Å². The van der Waals surface area contributed by atoms with Crippen LogP contribution < -0.4 is 16.6 Å². The first kappa shape index (κ1) is 11.7. The molecule has 2 saturated carbocycles. The Balaban J connectivity index is 1.67. The lowest BCUT2D eigenvalue weighted by Crippen LogP contribution is -2.21. The Morgan fingerprint density at radius 3 is 2.89 bits per heavy atom. The van der Waals surface area contributed by atoms with E-state index in [9.17, 15) is 4.79 Å². The fraction of sp³-hybridized carbons (Fsp3) is 0.692. The Morgan fingerprint density at radius 1 is 1.50 bits per heavy atom. The molecule has 1 aromatic heterocycles. The van der Waals surface area contributed by atoms with E-state index in [0.29, 0.717) is 17.2 Å². The van der Waals surface area contributed by atoms with Crippen LogP contribution in [-0.2, 0) is 0 Å². The standard InChI is InChI=1S/C13H20N4O/c14-6-5-13(3-4-13)8-15-10-7-11(18)17-12(16-10)9-1-2-9/h7,9H,1-6,8,14H2,(H2,15,16,17,18). The Kier molecular flexibility index (Phi) is 2.86. The van der Waals surface area contributed by atoms with Gasteiger partial charge in [-0.3, -0.25) is 4.79 Å². The second kappa shape index (κ2) is 4.39. The van der Waals surface area contributed by atoms with Crippen molar-refractivity contribution in [3.63, 3.8) is 0 Å². The fourth-order valence-electron chi connectivity index (χ4n) is 2.39. The normalized spacial score (nSPS) is 20.7. The van der Waals surface area contributed by atoms with E-state index in [1.807, 2.05) is 0 Å². The molecule has 0 amide bonds. The van der Waals surface area contributed by atoms with Crippen molar-refractivity contribution in [1.82, 2.24) is 9.97 Å². The van der Waals surface area contributed by atoms with Gasteiger partial charge >= 0.3 is 0 Å². The summed E-state index contributed by atoms with van der Waals surface area (Å²) in [5.41, 5.74) is 5.92. The lowest BCUT2D eigenvalue weighted by Gasteiger charge is -2.15. The van der Waals surface area contributed by atoms with Crippen molar-refractivity contribution in [2.24, 2.45) is 11.1 Å². The molecule has 0 spiro atoms. The maximum absolute atomic E-state index is 11.6.